The molecular formula is C13H28N2O3. The molecule has 108 valence electrons. The van der Waals surface area contributed by atoms with Crippen LogP contribution in [0.1, 0.15) is 46.5 Å². The highest BCUT2D eigenvalue weighted by Crippen LogP contribution is 2.00. The molecular weight excluding hydrogens is 232 g/mol. The Hall–Kier alpha value is -0.650. The molecule has 0 rings (SSSR count). The van der Waals surface area contributed by atoms with Crippen molar-refractivity contribution in [2.75, 3.05) is 19.8 Å². The van der Waals surface area contributed by atoms with Crippen molar-refractivity contribution in [1.29, 1.82) is 0 Å². The van der Waals surface area contributed by atoms with Crippen LogP contribution in [0.4, 0.5) is 0 Å². The first-order valence-electron chi connectivity index (χ1n) is 6.88. The summed E-state index contributed by atoms with van der Waals surface area (Å²) in [4.78, 5) is 13.3. The largest absolute Gasteiger partial charge is 0.392 e. The topological polar surface area (TPSA) is 72.8 Å². The average Bonchev–Trinajstić information content (AvgIpc) is 2.35. The van der Waals surface area contributed by atoms with Crippen molar-refractivity contribution in [1.82, 2.24) is 10.2 Å². The zero-order valence-corrected chi connectivity index (χ0v) is 11.9. The Kier molecular flexibility index (Phi) is 9.92. The molecule has 2 atom stereocenters. The maximum absolute atomic E-state index is 11.4. The maximum Gasteiger partial charge on any atom is 0.220 e. The summed E-state index contributed by atoms with van der Waals surface area (Å²) in [6.07, 6.45) is 1.83. The third-order valence-electron chi connectivity index (χ3n) is 2.86. The number of carbonyl (C=O) groups excluding carboxylic acids is 1. The van der Waals surface area contributed by atoms with Gasteiger partial charge in [0.15, 0.2) is 0 Å². The first kappa shape index (κ1) is 17.4. The summed E-state index contributed by atoms with van der Waals surface area (Å²) in [6.45, 7) is 7.11. The Balaban J connectivity index is 4.15. The number of amides is 1. The van der Waals surface area contributed by atoms with Gasteiger partial charge in [0.05, 0.1) is 18.9 Å². The molecule has 0 radical (unpaired) electrons. The van der Waals surface area contributed by atoms with Crippen LogP contribution in [-0.2, 0) is 4.79 Å². The second-order valence-electron chi connectivity index (χ2n) is 4.67. The minimum atomic E-state index is -0.419. The van der Waals surface area contributed by atoms with Gasteiger partial charge in [0, 0.05) is 19.5 Å². The predicted octanol–water partition coefficient (Wildman–Crippen LogP) is 0.704. The standard InChI is InChI=1S/C13H28N2O3/c1-4-7-13(18)14-10-15(8-11(16)5-2)9-12(17)6-3/h11-12,16-17H,4-10H2,1-3H3,(H,14,18). The van der Waals surface area contributed by atoms with Crippen LogP contribution < -0.4 is 5.32 Å². The summed E-state index contributed by atoms with van der Waals surface area (Å²) in [5, 5.41) is 22.1. The first-order valence-corrected chi connectivity index (χ1v) is 6.88. The summed E-state index contributed by atoms with van der Waals surface area (Å²) in [5.74, 6) is 0.0134. The van der Waals surface area contributed by atoms with E-state index in [1.54, 1.807) is 0 Å². The second kappa shape index (κ2) is 10.3. The molecule has 18 heavy (non-hydrogen) atoms. The lowest BCUT2D eigenvalue weighted by atomic mass is 10.2. The monoisotopic (exact) mass is 260 g/mol. The fourth-order valence-corrected chi connectivity index (χ4v) is 1.57. The Morgan fingerprint density at radius 3 is 2.00 bits per heavy atom. The van der Waals surface area contributed by atoms with Gasteiger partial charge >= 0.3 is 0 Å². The molecule has 0 aliphatic heterocycles. The van der Waals surface area contributed by atoms with Crippen molar-refractivity contribution in [3.05, 3.63) is 0 Å². The zero-order valence-electron chi connectivity index (χ0n) is 11.9. The molecule has 0 spiro atoms. The molecule has 1 amide bonds. The van der Waals surface area contributed by atoms with Gasteiger partial charge in [0.1, 0.15) is 0 Å². The molecule has 5 heteroatoms. The van der Waals surface area contributed by atoms with Crippen LogP contribution >= 0.6 is 0 Å². The number of aliphatic hydroxyl groups is 2. The van der Waals surface area contributed by atoms with Gasteiger partial charge in [-0.2, -0.15) is 0 Å². The smallest absolute Gasteiger partial charge is 0.220 e. The highest BCUT2D eigenvalue weighted by atomic mass is 16.3. The van der Waals surface area contributed by atoms with Crippen molar-refractivity contribution in [3.8, 4) is 0 Å². The molecule has 0 heterocycles. The number of hydrogen-bond acceptors (Lipinski definition) is 4. The quantitative estimate of drug-likeness (QED) is 0.506. The summed E-state index contributed by atoms with van der Waals surface area (Å²) < 4.78 is 0. The number of aliphatic hydroxyl groups excluding tert-OH is 2. The van der Waals surface area contributed by atoms with Gasteiger partial charge < -0.3 is 15.5 Å². The normalized spacial score (nSPS) is 14.6. The number of nitrogens with zero attached hydrogens (tertiary/aromatic N) is 1. The molecule has 0 aliphatic rings. The first-order chi connectivity index (χ1) is 8.53. The van der Waals surface area contributed by atoms with Gasteiger partial charge in [0.25, 0.3) is 0 Å². The maximum atomic E-state index is 11.4. The van der Waals surface area contributed by atoms with Gasteiger partial charge in [-0.3, -0.25) is 9.69 Å². The summed E-state index contributed by atoms with van der Waals surface area (Å²) >= 11 is 0. The molecule has 0 aliphatic carbocycles. The lowest BCUT2D eigenvalue weighted by molar-refractivity contribution is -0.122. The van der Waals surface area contributed by atoms with Gasteiger partial charge in [-0.25, -0.2) is 0 Å². The zero-order chi connectivity index (χ0) is 14.0. The molecule has 0 aromatic carbocycles. The Morgan fingerprint density at radius 2 is 1.61 bits per heavy atom. The lowest BCUT2D eigenvalue weighted by Crippen LogP contribution is -2.44. The van der Waals surface area contributed by atoms with Crippen LogP contribution in [0.5, 0.6) is 0 Å². The van der Waals surface area contributed by atoms with E-state index >= 15 is 0 Å². The van der Waals surface area contributed by atoms with Crippen LogP contribution in [0.15, 0.2) is 0 Å². The van der Waals surface area contributed by atoms with E-state index in [2.05, 4.69) is 5.32 Å². The third-order valence-corrected chi connectivity index (χ3v) is 2.86. The van der Waals surface area contributed by atoms with E-state index in [1.165, 1.54) is 0 Å². The van der Waals surface area contributed by atoms with E-state index in [0.29, 0.717) is 39.0 Å². The SMILES string of the molecule is CCCC(=O)NCN(CC(O)CC)CC(O)CC. The van der Waals surface area contributed by atoms with E-state index in [1.807, 2.05) is 25.7 Å². The van der Waals surface area contributed by atoms with E-state index in [-0.39, 0.29) is 5.91 Å². The van der Waals surface area contributed by atoms with Crippen LogP contribution in [0.25, 0.3) is 0 Å². The molecule has 3 N–H and O–H groups in total. The summed E-state index contributed by atoms with van der Waals surface area (Å²) in [6, 6.07) is 0. The predicted molar refractivity (Wildman–Crippen MR) is 72.1 cm³/mol. The van der Waals surface area contributed by atoms with E-state index in [4.69, 9.17) is 0 Å². The van der Waals surface area contributed by atoms with E-state index < -0.39 is 12.2 Å². The summed E-state index contributed by atoms with van der Waals surface area (Å²) in [7, 11) is 0. The number of rotatable bonds is 10. The van der Waals surface area contributed by atoms with Crippen molar-refractivity contribution in [3.63, 3.8) is 0 Å². The number of carbonyl (C=O) groups is 1. The molecule has 0 saturated carbocycles. The molecule has 0 aromatic heterocycles. The fourth-order valence-electron chi connectivity index (χ4n) is 1.57. The minimum Gasteiger partial charge on any atom is -0.392 e. The van der Waals surface area contributed by atoms with E-state index in [0.717, 1.165) is 6.42 Å². The highest BCUT2D eigenvalue weighted by molar-refractivity contribution is 5.75. The van der Waals surface area contributed by atoms with Crippen LogP contribution in [0.3, 0.4) is 0 Å². The van der Waals surface area contributed by atoms with Crippen LogP contribution in [0, 0.1) is 0 Å². The molecule has 0 saturated heterocycles. The van der Waals surface area contributed by atoms with Gasteiger partial charge in [-0.1, -0.05) is 20.8 Å². The molecule has 0 fully saturated rings. The lowest BCUT2D eigenvalue weighted by Gasteiger charge is -2.26. The number of nitrogens with one attached hydrogen (secondary N) is 1. The Bertz CT molecular complexity index is 212. The third kappa shape index (κ3) is 8.44. The average molecular weight is 260 g/mol. The molecule has 5 nitrogen and oxygen atoms in total. The Morgan fingerprint density at radius 1 is 1.11 bits per heavy atom. The van der Waals surface area contributed by atoms with Gasteiger partial charge in [-0.05, 0) is 19.3 Å². The molecule has 2 unspecified atom stereocenters. The highest BCUT2D eigenvalue weighted by Gasteiger charge is 2.14. The van der Waals surface area contributed by atoms with Crippen molar-refractivity contribution >= 4 is 5.91 Å². The number of hydrogen-bond donors (Lipinski definition) is 3. The molecule has 0 bridgehead atoms. The molecule has 0 aromatic rings. The van der Waals surface area contributed by atoms with Gasteiger partial charge in [-0.15, -0.1) is 0 Å². The van der Waals surface area contributed by atoms with Crippen LogP contribution in [-0.4, -0.2) is 53.0 Å². The minimum absolute atomic E-state index is 0.0134. The second-order valence-corrected chi connectivity index (χ2v) is 4.67. The van der Waals surface area contributed by atoms with Gasteiger partial charge in [0.2, 0.25) is 5.91 Å². The fraction of sp³-hybridized carbons (Fsp3) is 0.923. The van der Waals surface area contributed by atoms with Crippen molar-refractivity contribution in [2.24, 2.45) is 0 Å². The van der Waals surface area contributed by atoms with Crippen molar-refractivity contribution < 1.29 is 15.0 Å². The van der Waals surface area contributed by atoms with E-state index in [9.17, 15) is 15.0 Å². The summed E-state index contributed by atoms with van der Waals surface area (Å²) in [5.41, 5.74) is 0. The van der Waals surface area contributed by atoms with Crippen LogP contribution in [0.2, 0.25) is 0 Å². The Labute approximate surface area is 110 Å². The van der Waals surface area contributed by atoms with Crippen molar-refractivity contribution in [2.45, 2.75) is 58.7 Å².